The first kappa shape index (κ1) is 10.8. The maximum absolute atomic E-state index is 12.9. The Morgan fingerprint density at radius 1 is 1.50 bits per heavy atom. The molecule has 0 atom stereocenters. The third kappa shape index (κ3) is 2.59. The fourth-order valence-corrected chi connectivity index (χ4v) is 1.37. The van der Waals surface area contributed by atoms with Crippen molar-refractivity contribution in [3.8, 4) is 5.75 Å². The number of halogens is 1. The average molecular weight is 194 g/mol. The summed E-state index contributed by atoms with van der Waals surface area (Å²) in [6, 6.07) is 4.04. The molecule has 0 aliphatic rings. The fourth-order valence-electron chi connectivity index (χ4n) is 1.37. The Bertz CT molecular complexity index is 342. The van der Waals surface area contributed by atoms with Crippen LogP contribution >= 0.6 is 0 Å². The molecule has 0 aliphatic heterocycles. The van der Waals surface area contributed by atoms with Crippen molar-refractivity contribution < 1.29 is 9.50 Å². The highest BCUT2D eigenvalue weighted by atomic mass is 19.1. The van der Waals surface area contributed by atoms with E-state index in [0.29, 0.717) is 12.0 Å². The number of hydrogen-bond donors (Lipinski definition) is 1. The predicted molar refractivity (Wildman–Crippen MR) is 55.8 cm³/mol. The standard InChI is InChI=1S/C12H15FO/c1-3-9(4-2)7-10-8-11(13)5-6-12(10)14/h3,5-6,8,14H,4,7H2,1-2H3. The zero-order valence-corrected chi connectivity index (χ0v) is 8.55. The van der Waals surface area contributed by atoms with Gasteiger partial charge in [-0.1, -0.05) is 18.6 Å². The number of phenols is 1. The van der Waals surface area contributed by atoms with Crippen molar-refractivity contribution in [1.29, 1.82) is 0 Å². The maximum atomic E-state index is 12.9. The van der Waals surface area contributed by atoms with Crippen molar-refractivity contribution in [2.45, 2.75) is 26.7 Å². The Labute approximate surface area is 83.9 Å². The molecule has 1 aromatic rings. The Morgan fingerprint density at radius 2 is 2.21 bits per heavy atom. The van der Waals surface area contributed by atoms with Gasteiger partial charge in [-0.05, 0) is 38.0 Å². The van der Waals surface area contributed by atoms with E-state index in [4.69, 9.17) is 0 Å². The van der Waals surface area contributed by atoms with Gasteiger partial charge in [-0.2, -0.15) is 0 Å². The molecule has 0 radical (unpaired) electrons. The summed E-state index contributed by atoms with van der Waals surface area (Å²) in [7, 11) is 0. The average Bonchev–Trinajstić information content (AvgIpc) is 2.19. The smallest absolute Gasteiger partial charge is 0.123 e. The molecule has 0 unspecified atom stereocenters. The van der Waals surface area contributed by atoms with E-state index in [1.807, 2.05) is 19.9 Å². The van der Waals surface area contributed by atoms with Crippen molar-refractivity contribution in [3.63, 3.8) is 0 Å². The van der Waals surface area contributed by atoms with Crippen LogP contribution in [0.25, 0.3) is 0 Å². The molecule has 1 rings (SSSR count). The minimum Gasteiger partial charge on any atom is -0.508 e. The van der Waals surface area contributed by atoms with Gasteiger partial charge in [0.15, 0.2) is 0 Å². The van der Waals surface area contributed by atoms with Crippen molar-refractivity contribution in [2.24, 2.45) is 0 Å². The molecule has 1 N–H and O–H groups in total. The first-order valence-corrected chi connectivity index (χ1v) is 4.78. The highest BCUT2D eigenvalue weighted by Crippen LogP contribution is 2.21. The molecule has 1 aromatic carbocycles. The minimum atomic E-state index is -0.302. The third-order valence-electron chi connectivity index (χ3n) is 2.32. The van der Waals surface area contributed by atoms with Gasteiger partial charge in [0.25, 0.3) is 0 Å². The van der Waals surface area contributed by atoms with E-state index in [1.165, 1.54) is 23.8 Å². The summed E-state index contributed by atoms with van der Waals surface area (Å²) in [6.07, 6.45) is 3.55. The molecule has 0 heterocycles. The number of aromatic hydroxyl groups is 1. The molecule has 1 nitrogen and oxygen atoms in total. The van der Waals surface area contributed by atoms with E-state index in [1.54, 1.807) is 0 Å². The van der Waals surface area contributed by atoms with Crippen molar-refractivity contribution in [2.75, 3.05) is 0 Å². The zero-order chi connectivity index (χ0) is 10.6. The molecule has 0 fully saturated rings. The van der Waals surface area contributed by atoms with Crippen LogP contribution in [0, 0.1) is 5.82 Å². The number of rotatable bonds is 3. The Kier molecular flexibility index (Phi) is 3.69. The largest absolute Gasteiger partial charge is 0.508 e. The summed E-state index contributed by atoms with van der Waals surface area (Å²) in [6.45, 7) is 4.00. The van der Waals surface area contributed by atoms with E-state index >= 15 is 0 Å². The van der Waals surface area contributed by atoms with Gasteiger partial charge in [0.05, 0.1) is 0 Å². The van der Waals surface area contributed by atoms with Crippen LogP contribution in [-0.2, 0) is 6.42 Å². The van der Waals surface area contributed by atoms with Gasteiger partial charge in [0.2, 0.25) is 0 Å². The number of hydrogen-bond acceptors (Lipinski definition) is 1. The van der Waals surface area contributed by atoms with E-state index < -0.39 is 0 Å². The van der Waals surface area contributed by atoms with Crippen LogP contribution in [0.1, 0.15) is 25.8 Å². The molecule has 0 amide bonds. The molecular weight excluding hydrogens is 179 g/mol. The Balaban J connectivity index is 2.90. The van der Waals surface area contributed by atoms with E-state index in [-0.39, 0.29) is 11.6 Å². The molecule has 0 bridgehead atoms. The second-order valence-electron chi connectivity index (χ2n) is 3.25. The van der Waals surface area contributed by atoms with Gasteiger partial charge >= 0.3 is 0 Å². The van der Waals surface area contributed by atoms with Crippen LogP contribution in [0.3, 0.4) is 0 Å². The van der Waals surface area contributed by atoms with Gasteiger partial charge < -0.3 is 5.11 Å². The lowest BCUT2D eigenvalue weighted by atomic mass is 10.0. The van der Waals surface area contributed by atoms with E-state index in [0.717, 1.165) is 6.42 Å². The van der Waals surface area contributed by atoms with Gasteiger partial charge in [-0.3, -0.25) is 0 Å². The molecule has 0 aliphatic carbocycles. The van der Waals surface area contributed by atoms with Crippen LogP contribution in [-0.4, -0.2) is 5.11 Å². The highest BCUT2D eigenvalue weighted by Gasteiger charge is 2.04. The van der Waals surface area contributed by atoms with Gasteiger partial charge in [0, 0.05) is 5.56 Å². The quantitative estimate of drug-likeness (QED) is 0.731. The van der Waals surface area contributed by atoms with E-state index in [9.17, 15) is 9.50 Å². The van der Waals surface area contributed by atoms with Crippen LogP contribution in [0.15, 0.2) is 29.8 Å². The Morgan fingerprint density at radius 3 is 2.79 bits per heavy atom. The van der Waals surface area contributed by atoms with Crippen LogP contribution in [0.2, 0.25) is 0 Å². The van der Waals surface area contributed by atoms with Crippen molar-refractivity contribution in [1.82, 2.24) is 0 Å². The summed E-state index contributed by atoms with van der Waals surface area (Å²) in [5, 5.41) is 9.48. The van der Waals surface area contributed by atoms with Crippen LogP contribution in [0.5, 0.6) is 5.75 Å². The first-order chi connectivity index (χ1) is 6.67. The highest BCUT2D eigenvalue weighted by molar-refractivity contribution is 5.35. The second-order valence-corrected chi connectivity index (χ2v) is 3.25. The summed E-state index contributed by atoms with van der Waals surface area (Å²) in [5.41, 5.74) is 1.85. The summed E-state index contributed by atoms with van der Waals surface area (Å²) >= 11 is 0. The lowest BCUT2D eigenvalue weighted by Crippen LogP contribution is -1.91. The molecule has 0 spiro atoms. The number of allylic oxidation sites excluding steroid dienone is 2. The monoisotopic (exact) mass is 194 g/mol. The zero-order valence-electron chi connectivity index (χ0n) is 8.55. The molecule has 14 heavy (non-hydrogen) atoms. The molecule has 0 saturated heterocycles. The lowest BCUT2D eigenvalue weighted by molar-refractivity contribution is 0.466. The van der Waals surface area contributed by atoms with Crippen LogP contribution in [0.4, 0.5) is 4.39 Å². The number of phenolic OH excluding ortho intramolecular Hbond substituents is 1. The van der Waals surface area contributed by atoms with Gasteiger partial charge in [0.1, 0.15) is 11.6 Å². The molecule has 0 aromatic heterocycles. The van der Waals surface area contributed by atoms with Crippen LogP contribution < -0.4 is 0 Å². The van der Waals surface area contributed by atoms with E-state index in [2.05, 4.69) is 0 Å². The third-order valence-corrected chi connectivity index (χ3v) is 2.32. The van der Waals surface area contributed by atoms with Gasteiger partial charge in [-0.25, -0.2) is 4.39 Å². The Hall–Kier alpha value is -1.31. The summed E-state index contributed by atoms with van der Waals surface area (Å²) in [5.74, 6) is -0.136. The topological polar surface area (TPSA) is 20.2 Å². The first-order valence-electron chi connectivity index (χ1n) is 4.78. The molecule has 0 saturated carbocycles. The molecule has 76 valence electrons. The normalized spacial score (nSPS) is 11.8. The molecular formula is C12H15FO. The molecule has 2 heteroatoms. The van der Waals surface area contributed by atoms with Crippen molar-refractivity contribution >= 4 is 0 Å². The minimum absolute atomic E-state index is 0.166. The lowest BCUT2D eigenvalue weighted by Gasteiger charge is -2.06. The predicted octanol–water partition coefficient (Wildman–Crippen LogP) is 3.43. The fraction of sp³-hybridized carbons (Fsp3) is 0.333. The van der Waals surface area contributed by atoms with Gasteiger partial charge in [-0.15, -0.1) is 0 Å². The second kappa shape index (κ2) is 4.80. The summed E-state index contributed by atoms with van der Waals surface area (Å²) < 4.78 is 12.9. The SMILES string of the molecule is CC=C(CC)Cc1cc(F)ccc1O. The van der Waals surface area contributed by atoms with Crippen molar-refractivity contribution in [3.05, 3.63) is 41.2 Å². The number of benzene rings is 1. The maximum Gasteiger partial charge on any atom is 0.123 e. The summed E-state index contributed by atoms with van der Waals surface area (Å²) in [4.78, 5) is 0.